The average Bonchev–Trinajstić information content (AvgIpc) is 2.87. The van der Waals surface area contributed by atoms with Crippen molar-refractivity contribution in [2.24, 2.45) is 17.5 Å². The summed E-state index contributed by atoms with van der Waals surface area (Å²) in [7, 11) is 0. The fraction of sp³-hybridized carbons (Fsp3) is 0.556. The van der Waals surface area contributed by atoms with Gasteiger partial charge < -0.3 is 5.73 Å². The summed E-state index contributed by atoms with van der Waals surface area (Å²) in [6, 6.07) is 0. The predicted octanol–water partition coefficient (Wildman–Crippen LogP) is -0.264. The molecule has 5 N–H and O–H groups in total. The number of thiazole rings is 1. The molecule has 2 heterocycles. The normalized spacial score (nSPS) is 21.2. The van der Waals surface area contributed by atoms with Crippen molar-refractivity contribution in [3.63, 3.8) is 0 Å². The first-order chi connectivity index (χ1) is 7.69. The minimum atomic E-state index is -0.198. The third-order valence-electron chi connectivity index (χ3n) is 2.73. The number of aromatic nitrogens is 1. The fourth-order valence-electron chi connectivity index (χ4n) is 1.88. The monoisotopic (exact) mass is 241 g/mol. The van der Waals surface area contributed by atoms with E-state index in [9.17, 15) is 4.79 Å². The molecule has 0 bridgehead atoms. The molecule has 1 fully saturated rings. The number of hydrogen-bond acceptors (Lipinski definition) is 6. The van der Waals surface area contributed by atoms with Crippen LogP contribution in [0.1, 0.15) is 11.3 Å². The molecule has 1 amide bonds. The number of carbonyl (C=O) groups is 1. The van der Waals surface area contributed by atoms with E-state index in [0.717, 1.165) is 30.9 Å². The van der Waals surface area contributed by atoms with Crippen LogP contribution in [0.5, 0.6) is 0 Å². The van der Waals surface area contributed by atoms with E-state index in [2.05, 4.69) is 15.3 Å². The van der Waals surface area contributed by atoms with E-state index in [0.29, 0.717) is 5.13 Å². The van der Waals surface area contributed by atoms with Crippen LogP contribution < -0.4 is 17.0 Å². The van der Waals surface area contributed by atoms with Gasteiger partial charge in [-0.3, -0.25) is 15.1 Å². The van der Waals surface area contributed by atoms with Crippen molar-refractivity contribution in [2.75, 3.05) is 18.5 Å². The molecular weight excluding hydrogens is 226 g/mol. The van der Waals surface area contributed by atoms with Crippen LogP contribution in [0.25, 0.3) is 0 Å². The van der Waals surface area contributed by atoms with Gasteiger partial charge in [-0.25, -0.2) is 10.8 Å². The van der Waals surface area contributed by atoms with E-state index in [1.807, 2.05) is 0 Å². The summed E-state index contributed by atoms with van der Waals surface area (Å²) < 4.78 is 0. The summed E-state index contributed by atoms with van der Waals surface area (Å²) >= 11 is 1.52. The van der Waals surface area contributed by atoms with E-state index >= 15 is 0 Å². The van der Waals surface area contributed by atoms with Crippen LogP contribution in [0.4, 0.5) is 5.13 Å². The lowest BCUT2D eigenvalue weighted by Crippen LogP contribution is -2.27. The van der Waals surface area contributed by atoms with Crippen molar-refractivity contribution in [1.82, 2.24) is 9.88 Å². The highest BCUT2D eigenvalue weighted by molar-refractivity contribution is 7.15. The van der Waals surface area contributed by atoms with Gasteiger partial charge in [0.1, 0.15) is 0 Å². The molecule has 1 atom stereocenters. The highest BCUT2D eigenvalue weighted by atomic mass is 32.1. The standard InChI is InChI=1S/C9H15N5OS/c10-8(15)6-1-2-14(4-6)5-7-3-12-9(13-11)16-7/h3,6H,1-2,4-5,11H2,(H2,10,15)(H,12,13). The lowest BCUT2D eigenvalue weighted by atomic mass is 10.1. The zero-order valence-corrected chi connectivity index (χ0v) is 9.67. The number of amides is 1. The molecule has 16 heavy (non-hydrogen) atoms. The number of nitrogens with two attached hydrogens (primary N) is 2. The zero-order chi connectivity index (χ0) is 11.5. The Morgan fingerprint density at radius 3 is 3.12 bits per heavy atom. The summed E-state index contributed by atoms with van der Waals surface area (Å²) in [4.78, 5) is 18.5. The number of carbonyl (C=O) groups excluding carboxylic acids is 1. The van der Waals surface area contributed by atoms with Crippen LogP contribution in [-0.2, 0) is 11.3 Å². The van der Waals surface area contributed by atoms with Crippen molar-refractivity contribution < 1.29 is 4.79 Å². The van der Waals surface area contributed by atoms with Crippen LogP contribution in [0.3, 0.4) is 0 Å². The van der Waals surface area contributed by atoms with Gasteiger partial charge in [0.25, 0.3) is 0 Å². The van der Waals surface area contributed by atoms with Gasteiger partial charge in [-0.2, -0.15) is 0 Å². The number of nitrogens with one attached hydrogen (secondary N) is 1. The van der Waals surface area contributed by atoms with Gasteiger partial charge in [0, 0.05) is 24.2 Å². The molecule has 1 saturated heterocycles. The number of primary amides is 1. The largest absolute Gasteiger partial charge is 0.369 e. The van der Waals surface area contributed by atoms with E-state index < -0.39 is 0 Å². The molecule has 0 radical (unpaired) electrons. The molecule has 1 unspecified atom stereocenters. The minimum Gasteiger partial charge on any atom is -0.369 e. The molecule has 7 heteroatoms. The molecule has 1 aliphatic rings. The Kier molecular flexibility index (Phi) is 3.37. The van der Waals surface area contributed by atoms with Gasteiger partial charge >= 0.3 is 0 Å². The number of likely N-dealkylation sites (tertiary alicyclic amines) is 1. The maximum absolute atomic E-state index is 11.0. The van der Waals surface area contributed by atoms with Gasteiger partial charge in [-0.05, 0) is 13.0 Å². The molecule has 1 aliphatic heterocycles. The van der Waals surface area contributed by atoms with Crippen LogP contribution in [0.15, 0.2) is 6.20 Å². The van der Waals surface area contributed by atoms with Crippen LogP contribution >= 0.6 is 11.3 Å². The minimum absolute atomic E-state index is 0.0000234. The second kappa shape index (κ2) is 4.77. The summed E-state index contributed by atoms with van der Waals surface area (Å²) in [5.74, 6) is 5.06. The molecule has 0 saturated carbocycles. The zero-order valence-electron chi connectivity index (χ0n) is 8.85. The van der Waals surface area contributed by atoms with E-state index in [1.165, 1.54) is 11.3 Å². The first-order valence-corrected chi connectivity index (χ1v) is 5.93. The Morgan fingerprint density at radius 1 is 1.75 bits per heavy atom. The van der Waals surface area contributed by atoms with E-state index in [1.54, 1.807) is 6.20 Å². The van der Waals surface area contributed by atoms with Crippen LogP contribution in [0.2, 0.25) is 0 Å². The van der Waals surface area contributed by atoms with Crippen molar-refractivity contribution in [1.29, 1.82) is 0 Å². The number of anilines is 1. The van der Waals surface area contributed by atoms with Gasteiger partial charge in [0.05, 0.1) is 5.92 Å². The van der Waals surface area contributed by atoms with Gasteiger partial charge in [-0.1, -0.05) is 11.3 Å². The Morgan fingerprint density at radius 2 is 2.56 bits per heavy atom. The molecule has 2 rings (SSSR count). The van der Waals surface area contributed by atoms with Crippen molar-refractivity contribution in [3.8, 4) is 0 Å². The topological polar surface area (TPSA) is 97.3 Å². The lowest BCUT2D eigenvalue weighted by molar-refractivity contribution is -0.121. The first kappa shape index (κ1) is 11.3. The summed E-state index contributed by atoms with van der Waals surface area (Å²) in [5, 5.41) is 0.709. The Balaban J connectivity index is 1.89. The number of hydrogen-bond donors (Lipinski definition) is 3. The molecule has 0 aliphatic carbocycles. The third-order valence-corrected chi connectivity index (χ3v) is 3.64. The molecule has 0 spiro atoms. The molecule has 1 aromatic rings. The number of hydrazine groups is 1. The van der Waals surface area contributed by atoms with E-state index in [-0.39, 0.29) is 11.8 Å². The molecular formula is C9H15N5OS. The third kappa shape index (κ3) is 2.49. The van der Waals surface area contributed by atoms with Crippen molar-refractivity contribution in [3.05, 3.63) is 11.1 Å². The Bertz CT molecular complexity index is 380. The summed E-state index contributed by atoms with van der Waals surface area (Å²) in [6.45, 7) is 2.47. The second-order valence-electron chi connectivity index (χ2n) is 3.90. The van der Waals surface area contributed by atoms with Gasteiger partial charge in [0.2, 0.25) is 5.91 Å². The Hall–Kier alpha value is -1.18. The Labute approximate surface area is 97.6 Å². The molecule has 1 aromatic heterocycles. The van der Waals surface area contributed by atoms with Crippen molar-refractivity contribution in [2.45, 2.75) is 13.0 Å². The summed E-state index contributed by atoms with van der Waals surface area (Å²) in [5.41, 5.74) is 7.79. The van der Waals surface area contributed by atoms with Gasteiger partial charge in [-0.15, -0.1) is 0 Å². The number of rotatable bonds is 4. The maximum Gasteiger partial charge on any atom is 0.221 e. The highest BCUT2D eigenvalue weighted by Crippen LogP contribution is 2.22. The van der Waals surface area contributed by atoms with Crippen LogP contribution in [0, 0.1) is 5.92 Å². The van der Waals surface area contributed by atoms with E-state index in [4.69, 9.17) is 11.6 Å². The van der Waals surface area contributed by atoms with Crippen LogP contribution in [-0.4, -0.2) is 28.9 Å². The van der Waals surface area contributed by atoms with Crippen molar-refractivity contribution >= 4 is 22.4 Å². The predicted molar refractivity (Wildman–Crippen MR) is 62.5 cm³/mol. The highest BCUT2D eigenvalue weighted by Gasteiger charge is 2.26. The fourth-order valence-corrected chi connectivity index (χ4v) is 2.64. The molecule has 6 nitrogen and oxygen atoms in total. The average molecular weight is 241 g/mol. The number of nitrogen functional groups attached to an aromatic ring is 1. The lowest BCUT2D eigenvalue weighted by Gasteiger charge is -2.13. The quantitative estimate of drug-likeness (QED) is 0.498. The number of nitrogens with zero attached hydrogens (tertiary/aromatic N) is 2. The summed E-state index contributed by atoms with van der Waals surface area (Å²) in [6.07, 6.45) is 2.66. The first-order valence-electron chi connectivity index (χ1n) is 5.12. The smallest absolute Gasteiger partial charge is 0.221 e. The maximum atomic E-state index is 11.0. The molecule has 0 aromatic carbocycles. The molecule has 88 valence electrons. The SMILES string of the molecule is NNc1ncc(CN2CCC(C(N)=O)C2)s1. The van der Waals surface area contributed by atoms with Gasteiger partial charge in [0.15, 0.2) is 5.13 Å². The second-order valence-corrected chi connectivity index (χ2v) is 5.01.